The van der Waals surface area contributed by atoms with Crippen molar-refractivity contribution >= 4 is 35.8 Å². The molecule has 2 aliphatic rings. The summed E-state index contributed by atoms with van der Waals surface area (Å²) in [4.78, 5) is 70.7. The maximum atomic E-state index is 11.8. The van der Waals surface area contributed by atoms with Crippen LogP contribution in [-0.4, -0.2) is 72.4 Å². The Bertz CT molecular complexity index is 738. The third-order valence-electron chi connectivity index (χ3n) is 5.07. The topological polar surface area (TPSA) is 158 Å². The number of esters is 6. The van der Waals surface area contributed by atoms with Crippen LogP contribution in [0.5, 0.6) is 0 Å². The van der Waals surface area contributed by atoms with Crippen molar-refractivity contribution in [3.63, 3.8) is 0 Å². The van der Waals surface area contributed by atoms with Crippen molar-refractivity contribution < 1.29 is 57.2 Å². The molecule has 0 unspecified atom stereocenters. The summed E-state index contributed by atoms with van der Waals surface area (Å²) in [6, 6.07) is 0. The van der Waals surface area contributed by atoms with E-state index >= 15 is 0 Å². The van der Waals surface area contributed by atoms with Gasteiger partial charge in [0.2, 0.25) is 0 Å². The van der Waals surface area contributed by atoms with Crippen molar-refractivity contribution in [2.75, 3.05) is 0 Å². The zero-order valence-electron chi connectivity index (χ0n) is 18.5. The normalized spacial score (nSPS) is 32.8. The van der Waals surface area contributed by atoms with Gasteiger partial charge in [0.25, 0.3) is 0 Å². The lowest BCUT2D eigenvalue weighted by Crippen LogP contribution is -2.76. The fraction of sp³-hybridized carbons (Fsp3) is 0.700. The molecule has 12 nitrogen and oxygen atoms in total. The lowest BCUT2D eigenvalue weighted by atomic mass is 9.56. The van der Waals surface area contributed by atoms with Crippen LogP contribution in [0.2, 0.25) is 0 Å². The van der Waals surface area contributed by atoms with Crippen molar-refractivity contribution in [2.24, 2.45) is 11.8 Å². The van der Waals surface area contributed by atoms with E-state index in [-0.39, 0.29) is 0 Å². The van der Waals surface area contributed by atoms with Gasteiger partial charge in [-0.15, -0.1) is 0 Å². The number of carbonyl (C=O) groups is 6. The molecule has 32 heavy (non-hydrogen) atoms. The Kier molecular flexibility index (Phi) is 7.81. The minimum atomic E-state index is -1.39. The molecule has 0 aliphatic heterocycles. The lowest BCUT2D eigenvalue weighted by molar-refractivity contribution is -0.300. The minimum Gasteiger partial charge on any atom is -0.458 e. The van der Waals surface area contributed by atoms with Crippen molar-refractivity contribution in [3.05, 3.63) is 0 Å². The lowest BCUT2D eigenvalue weighted by Gasteiger charge is -2.59. The van der Waals surface area contributed by atoms with Gasteiger partial charge in [-0.25, -0.2) is 0 Å². The molecular formula is C20H26O12. The molecule has 0 aromatic carbocycles. The van der Waals surface area contributed by atoms with E-state index in [9.17, 15) is 28.8 Å². The standard InChI is InChI=1S/C20H26O12/c1-7(21)27-15-13-14(16(15)28-8(2)22)18(30-10(4)24)20(32-12(6)26)19(31-11(5)25)17(13)29-9(3)23/h13-20H,1-6H3/t13-,14+,15-,16-,17-,18+,19-,20+/m1/s1. The van der Waals surface area contributed by atoms with E-state index in [2.05, 4.69) is 0 Å². The molecule has 0 N–H and O–H groups in total. The van der Waals surface area contributed by atoms with Gasteiger partial charge >= 0.3 is 35.8 Å². The molecule has 0 saturated heterocycles. The maximum absolute atomic E-state index is 11.8. The van der Waals surface area contributed by atoms with E-state index in [1.54, 1.807) is 0 Å². The van der Waals surface area contributed by atoms with Crippen LogP contribution in [-0.2, 0) is 57.2 Å². The van der Waals surface area contributed by atoms with Gasteiger partial charge in [0.15, 0.2) is 12.2 Å². The number of fused-ring (bicyclic) bond motifs is 1. The molecule has 12 heteroatoms. The molecule has 2 aliphatic carbocycles. The summed E-state index contributed by atoms with van der Waals surface area (Å²) in [6.07, 6.45) is -7.48. The summed E-state index contributed by atoms with van der Waals surface area (Å²) >= 11 is 0. The molecule has 0 radical (unpaired) electrons. The molecule has 0 amide bonds. The summed E-state index contributed by atoms with van der Waals surface area (Å²) < 4.78 is 32.0. The fourth-order valence-corrected chi connectivity index (χ4v) is 4.36. The SMILES string of the molecule is CC(=O)O[C@@H]1[C@H](OC(C)=O)[C@H](OC(C)=O)[C@H]2[C@@H](OC(C)=O)[C@H](OC(C)=O)[C@H]2[C@@H]1OC(C)=O. The van der Waals surface area contributed by atoms with E-state index in [1.165, 1.54) is 0 Å². The van der Waals surface area contributed by atoms with Gasteiger partial charge in [0.05, 0.1) is 11.8 Å². The van der Waals surface area contributed by atoms with Crippen LogP contribution >= 0.6 is 0 Å². The van der Waals surface area contributed by atoms with E-state index in [0.29, 0.717) is 0 Å². The van der Waals surface area contributed by atoms with Gasteiger partial charge < -0.3 is 28.4 Å². The molecular weight excluding hydrogens is 432 g/mol. The van der Waals surface area contributed by atoms with E-state index < -0.39 is 84.3 Å². The largest absolute Gasteiger partial charge is 0.458 e. The average molecular weight is 458 g/mol. The van der Waals surface area contributed by atoms with E-state index in [0.717, 1.165) is 41.5 Å². The Morgan fingerprint density at radius 3 is 0.688 bits per heavy atom. The van der Waals surface area contributed by atoms with Crippen molar-refractivity contribution in [3.8, 4) is 0 Å². The minimum absolute atomic E-state index is 0.706. The van der Waals surface area contributed by atoms with E-state index in [4.69, 9.17) is 28.4 Å². The maximum Gasteiger partial charge on any atom is 0.303 e. The van der Waals surface area contributed by atoms with Gasteiger partial charge in [-0.3, -0.25) is 28.8 Å². The Morgan fingerprint density at radius 2 is 0.500 bits per heavy atom. The molecule has 0 heterocycles. The second-order valence-electron chi connectivity index (χ2n) is 7.60. The highest BCUT2D eigenvalue weighted by atomic mass is 16.6. The van der Waals surface area contributed by atoms with Crippen molar-refractivity contribution in [1.82, 2.24) is 0 Å². The number of rotatable bonds is 6. The van der Waals surface area contributed by atoms with Crippen LogP contribution < -0.4 is 0 Å². The second-order valence-corrected chi connectivity index (χ2v) is 7.60. The summed E-state index contributed by atoms with van der Waals surface area (Å²) in [7, 11) is 0. The zero-order valence-corrected chi connectivity index (χ0v) is 18.5. The summed E-state index contributed by atoms with van der Waals surface area (Å²) in [5, 5.41) is 0. The van der Waals surface area contributed by atoms with Gasteiger partial charge in [0.1, 0.15) is 24.4 Å². The number of ether oxygens (including phenoxy) is 6. The third kappa shape index (κ3) is 5.54. The van der Waals surface area contributed by atoms with Crippen molar-refractivity contribution in [1.29, 1.82) is 0 Å². The molecule has 0 aromatic heterocycles. The number of hydrogen-bond donors (Lipinski definition) is 0. The monoisotopic (exact) mass is 458 g/mol. The summed E-state index contributed by atoms with van der Waals surface area (Å²) in [5.74, 6) is -6.29. The first-order valence-electron chi connectivity index (χ1n) is 9.86. The van der Waals surface area contributed by atoms with Gasteiger partial charge in [-0.2, -0.15) is 0 Å². The predicted molar refractivity (Wildman–Crippen MR) is 100 cm³/mol. The number of carbonyl (C=O) groups excluding carboxylic acids is 6. The van der Waals surface area contributed by atoms with Crippen molar-refractivity contribution in [2.45, 2.75) is 78.2 Å². The quantitative estimate of drug-likeness (QED) is 0.383. The predicted octanol–water partition coefficient (Wildman–Crippen LogP) is -0.164. The molecule has 2 saturated carbocycles. The fourth-order valence-electron chi connectivity index (χ4n) is 4.36. The Morgan fingerprint density at radius 1 is 0.344 bits per heavy atom. The highest BCUT2D eigenvalue weighted by Crippen LogP contribution is 2.52. The summed E-state index contributed by atoms with van der Waals surface area (Å²) in [5.41, 5.74) is 0. The van der Waals surface area contributed by atoms with Crippen LogP contribution in [0.15, 0.2) is 0 Å². The zero-order chi connectivity index (χ0) is 24.3. The molecule has 0 spiro atoms. The molecule has 2 rings (SSSR count). The van der Waals surface area contributed by atoms with Crippen LogP contribution in [0.1, 0.15) is 41.5 Å². The molecule has 0 bridgehead atoms. The molecule has 178 valence electrons. The smallest absolute Gasteiger partial charge is 0.303 e. The van der Waals surface area contributed by atoms with Gasteiger partial charge in [0, 0.05) is 41.5 Å². The first-order valence-corrected chi connectivity index (χ1v) is 9.86. The highest BCUT2D eigenvalue weighted by molar-refractivity contribution is 5.70. The van der Waals surface area contributed by atoms with E-state index in [1.807, 2.05) is 0 Å². The third-order valence-corrected chi connectivity index (χ3v) is 5.07. The Hall–Kier alpha value is -3.18. The second kappa shape index (κ2) is 9.96. The first kappa shape index (κ1) is 25.1. The van der Waals surface area contributed by atoms with Gasteiger partial charge in [-0.1, -0.05) is 0 Å². The summed E-state index contributed by atoms with van der Waals surface area (Å²) in [6.45, 7) is 6.68. The Labute approximate surface area is 183 Å². The van der Waals surface area contributed by atoms with Crippen LogP contribution in [0.4, 0.5) is 0 Å². The highest BCUT2D eigenvalue weighted by Gasteiger charge is 2.71. The number of hydrogen-bond acceptors (Lipinski definition) is 12. The van der Waals surface area contributed by atoms with Crippen LogP contribution in [0, 0.1) is 11.8 Å². The van der Waals surface area contributed by atoms with Gasteiger partial charge in [-0.05, 0) is 0 Å². The molecule has 8 atom stereocenters. The van der Waals surface area contributed by atoms with Crippen LogP contribution in [0.25, 0.3) is 0 Å². The van der Waals surface area contributed by atoms with Crippen LogP contribution in [0.3, 0.4) is 0 Å². The Balaban J connectivity index is 2.63. The average Bonchev–Trinajstić information content (AvgIpc) is 2.61. The molecule has 0 aromatic rings. The molecule has 2 fully saturated rings. The first-order chi connectivity index (χ1) is 14.8.